The van der Waals surface area contributed by atoms with E-state index in [9.17, 15) is 15.2 Å². The van der Waals surface area contributed by atoms with Crippen LogP contribution in [0.1, 0.15) is 18.4 Å². The first-order valence-corrected chi connectivity index (χ1v) is 6.54. The predicted molar refractivity (Wildman–Crippen MR) is 73.9 cm³/mol. The number of pyridine rings is 1. The first kappa shape index (κ1) is 14.7. The molecule has 20 heavy (non-hydrogen) atoms. The van der Waals surface area contributed by atoms with Crippen LogP contribution in [0.4, 0.5) is 11.5 Å². The Labute approximate surface area is 117 Å². The number of aromatic nitrogens is 1. The van der Waals surface area contributed by atoms with Gasteiger partial charge in [-0.1, -0.05) is 0 Å². The molecule has 0 aliphatic carbocycles. The lowest BCUT2D eigenvalue weighted by Gasteiger charge is -2.36. The molecule has 0 saturated carbocycles. The maximum absolute atomic E-state index is 10.7. The van der Waals surface area contributed by atoms with Crippen LogP contribution in [-0.2, 0) is 4.74 Å². The van der Waals surface area contributed by atoms with E-state index in [-0.39, 0.29) is 5.69 Å². The summed E-state index contributed by atoms with van der Waals surface area (Å²) in [6.45, 7) is 3.32. The molecule has 2 rings (SSSR count). The topological polar surface area (TPSA) is 88.7 Å². The molecule has 1 aromatic rings. The molecule has 0 spiro atoms. The van der Waals surface area contributed by atoms with E-state index in [0.717, 1.165) is 5.56 Å². The van der Waals surface area contributed by atoms with Crippen LogP contribution in [0, 0.1) is 17.0 Å². The molecule has 0 amide bonds. The summed E-state index contributed by atoms with van der Waals surface area (Å²) >= 11 is 0. The average molecular weight is 281 g/mol. The van der Waals surface area contributed by atoms with Gasteiger partial charge in [-0.25, -0.2) is 4.98 Å². The number of hydrogen-bond acceptors (Lipinski definition) is 6. The molecule has 0 aromatic carbocycles. The molecule has 7 heteroatoms. The second kappa shape index (κ2) is 5.72. The number of ether oxygens (including phenoxy) is 1. The van der Waals surface area contributed by atoms with Crippen LogP contribution in [0.15, 0.2) is 12.3 Å². The highest BCUT2D eigenvalue weighted by molar-refractivity contribution is 5.50. The number of nitrogens with zero attached hydrogens (tertiary/aromatic N) is 3. The van der Waals surface area contributed by atoms with Gasteiger partial charge >= 0.3 is 0 Å². The normalized spacial score (nSPS) is 17.8. The maximum atomic E-state index is 10.7. The molecular weight excluding hydrogens is 262 g/mol. The van der Waals surface area contributed by atoms with Crippen molar-refractivity contribution in [2.75, 3.05) is 31.7 Å². The Morgan fingerprint density at radius 2 is 2.20 bits per heavy atom. The first-order valence-electron chi connectivity index (χ1n) is 6.54. The summed E-state index contributed by atoms with van der Waals surface area (Å²) < 4.78 is 5.25. The van der Waals surface area contributed by atoms with E-state index in [4.69, 9.17) is 4.74 Å². The van der Waals surface area contributed by atoms with Crippen molar-refractivity contribution in [1.82, 2.24) is 4.98 Å². The minimum Gasteiger partial charge on any atom is -0.388 e. The van der Waals surface area contributed by atoms with E-state index in [2.05, 4.69) is 4.98 Å². The first-order chi connectivity index (χ1) is 9.41. The molecule has 1 N–H and O–H groups in total. The molecule has 1 aliphatic heterocycles. The standard InChI is InChI=1S/C13H19N3O4/c1-10-7-11(16(18)19)8-14-12(10)15(2)9-13(17)3-5-20-6-4-13/h7-8,17H,3-6,9H2,1-2H3. The Kier molecular flexibility index (Phi) is 4.20. The average Bonchev–Trinajstić information content (AvgIpc) is 2.38. The Morgan fingerprint density at radius 3 is 2.75 bits per heavy atom. The fraction of sp³-hybridized carbons (Fsp3) is 0.615. The number of anilines is 1. The molecule has 2 heterocycles. The van der Waals surface area contributed by atoms with Crippen LogP contribution in [0.5, 0.6) is 0 Å². The molecular formula is C13H19N3O4. The monoisotopic (exact) mass is 281 g/mol. The summed E-state index contributed by atoms with van der Waals surface area (Å²) in [4.78, 5) is 16.2. The lowest BCUT2D eigenvalue weighted by atomic mass is 9.94. The quantitative estimate of drug-likeness (QED) is 0.660. The smallest absolute Gasteiger partial charge is 0.287 e. The Hall–Kier alpha value is -1.73. The van der Waals surface area contributed by atoms with Gasteiger partial charge < -0.3 is 14.7 Å². The van der Waals surface area contributed by atoms with Crippen molar-refractivity contribution in [3.05, 3.63) is 27.9 Å². The fourth-order valence-electron chi connectivity index (χ4n) is 2.48. The summed E-state index contributed by atoms with van der Waals surface area (Å²) in [5.41, 5.74) is -0.0927. The van der Waals surface area contributed by atoms with Crippen LogP contribution >= 0.6 is 0 Å². The minimum absolute atomic E-state index is 0.0237. The summed E-state index contributed by atoms with van der Waals surface area (Å²) in [6, 6.07) is 1.49. The van der Waals surface area contributed by atoms with Crippen molar-refractivity contribution >= 4 is 11.5 Å². The van der Waals surface area contributed by atoms with Crippen molar-refractivity contribution in [2.24, 2.45) is 0 Å². The summed E-state index contributed by atoms with van der Waals surface area (Å²) in [5.74, 6) is 0.649. The highest BCUT2D eigenvalue weighted by Gasteiger charge is 2.31. The molecule has 0 unspecified atom stereocenters. The Bertz CT molecular complexity index is 500. The molecule has 1 fully saturated rings. The number of likely N-dealkylation sites (N-methyl/N-ethyl adjacent to an activating group) is 1. The van der Waals surface area contributed by atoms with Crippen molar-refractivity contribution in [3.8, 4) is 0 Å². The fourth-order valence-corrected chi connectivity index (χ4v) is 2.48. The van der Waals surface area contributed by atoms with E-state index < -0.39 is 10.5 Å². The predicted octanol–water partition coefficient (Wildman–Crippen LogP) is 1.28. The minimum atomic E-state index is -0.789. The molecule has 1 aliphatic rings. The van der Waals surface area contributed by atoms with Crippen molar-refractivity contribution in [3.63, 3.8) is 0 Å². The number of aliphatic hydroxyl groups is 1. The van der Waals surface area contributed by atoms with Gasteiger partial charge in [0, 0.05) is 45.7 Å². The van der Waals surface area contributed by atoms with E-state index in [1.165, 1.54) is 12.3 Å². The Balaban J connectivity index is 2.12. The highest BCUT2D eigenvalue weighted by Crippen LogP contribution is 2.26. The lowest BCUT2D eigenvalue weighted by Crippen LogP contribution is -2.46. The van der Waals surface area contributed by atoms with Gasteiger partial charge in [0.1, 0.15) is 12.0 Å². The molecule has 1 saturated heterocycles. The Morgan fingerprint density at radius 1 is 1.55 bits per heavy atom. The number of aryl methyl sites for hydroxylation is 1. The zero-order chi connectivity index (χ0) is 14.8. The van der Waals surface area contributed by atoms with Gasteiger partial charge in [0.2, 0.25) is 0 Å². The molecule has 0 atom stereocenters. The van der Waals surface area contributed by atoms with Crippen LogP contribution in [0.25, 0.3) is 0 Å². The van der Waals surface area contributed by atoms with Crippen LogP contribution in [-0.4, -0.2) is 47.4 Å². The second-order valence-corrected chi connectivity index (χ2v) is 5.28. The van der Waals surface area contributed by atoms with Crippen LogP contribution in [0.3, 0.4) is 0 Å². The zero-order valence-electron chi connectivity index (χ0n) is 11.7. The van der Waals surface area contributed by atoms with E-state index in [1.807, 2.05) is 11.9 Å². The molecule has 0 bridgehead atoms. The van der Waals surface area contributed by atoms with Gasteiger partial charge in [0.05, 0.1) is 10.5 Å². The van der Waals surface area contributed by atoms with E-state index in [0.29, 0.717) is 38.4 Å². The summed E-state index contributed by atoms with van der Waals surface area (Å²) in [6.07, 6.45) is 2.42. The number of nitro groups is 1. The number of hydrogen-bond donors (Lipinski definition) is 1. The van der Waals surface area contributed by atoms with Gasteiger partial charge in [-0.3, -0.25) is 10.1 Å². The van der Waals surface area contributed by atoms with E-state index in [1.54, 1.807) is 6.92 Å². The third kappa shape index (κ3) is 3.23. The highest BCUT2D eigenvalue weighted by atomic mass is 16.6. The van der Waals surface area contributed by atoms with Gasteiger partial charge in [-0.15, -0.1) is 0 Å². The van der Waals surface area contributed by atoms with Crippen LogP contribution < -0.4 is 4.90 Å². The van der Waals surface area contributed by atoms with Crippen molar-refractivity contribution in [1.29, 1.82) is 0 Å². The summed E-state index contributed by atoms with van der Waals surface area (Å²) in [5, 5.41) is 21.2. The third-order valence-electron chi connectivity index (χ3n) is 3.56. The van der Waals surface area contributed by atoms with Crippen molar-refractivity contribution < 1.29 is 14.8 Å². The maximum Gasteiger partial charge on any atom is 0.287 e. The van der Waals surface area contributed by atoms with Gasteiger partial charge in [-0.2, -0.15) is 0 Å². The van der Waals surface area contributed by atoms with Crippen molar-refractivity contribution in [2.45, 2.75) is 25.4 Å². The third-order valence-corrected chi connectivity index (χ3v) is 3.56. The zero-order valence-corrected chi connectivity index (χ0v) is 11.7. The largest absolute Gasteiger partial charge is 0.388 e. The van der Waals surface area contributed by atoms with Gasteiger partial charge in [0.15, 0.2) is 0 Å². The number of rotatable bonds is 4. The molecule has 1 aromatic heterocycles. The van der Waals surface area contributed by atoms with Crippen LogP contribution in [0.2, 0.25) is 0 Å². The van der Waals surface area contributed by atoms with Gasteiger partial charge in [0.25, 0.3) is 5.69 Å². The lowest BCUT2D eigenvalue weighted by molar-refractivity contribution is -0.385. The summed E-state index contributed by atoms with van der Waals surface area (Å²) in [7, 11) is 1.83. The SMILES string of the molecule is Cc1cc([N+](=O)[O-])cnc1N(C)CC1(O)CCOCC1. The molecule has 7 nitrogen and oxygen atoms in total. The molecule has 110 valence electrons. The van der Waals surface area contributed by atoms with Gasteiger partial charge in [-0.05, 0) is 12.5 Å². The molecule has 0 radical (unpaired) electrons. The second-order valence-electron chi connectivity index (χ2n) is 5.28. The van der Waals surface area contributed by atoms with E-state index >= 15 is 0 Å².